The number of halogens is 2. The highest BCUT2D eigenvalue weighted by Gasteiger charge is 2.39. The van der Waals surface area contributed by atoms with Crippen molar-refractivity contribution in [3.63, 3.8) is 0 Å². The molecule has 10 heteroatoms. The van der Waals surface area contributed by atoms with E-state index in [9.17, 15) is 14.3 Å². The van der Waals surface area contributed by atoms with E-state index in [-0.39, 0.29) is 39.9 Å². The monoisotopic (exact) mass is 438 g/mol. The normalized spacial score (nSPS) is 13.9. The summed E-state index contributed by atoms with van der Waals surface area (Å²) in [7, 11) is 0. The van der Waals surface area contributed by atoms with E-state index in [1.165, 1.54) is 24.3 Å². The van der Waals surface area contributed by atoms with Crippen molar-refractivity contribution < 1.29 is 14.3 Å². The van der Waals surface area contributed by atoms with Crippen LogP contribution in [0.25, 0.3) is 16.0 Å². The van der Waals surface area contributed by atoms with E-state index >= 15 is 0 Å². The Labute approximate surface area is 182 Å². The number of guanidine groups is 1. The third-order valence-electron chi connectivity index (χ3n) is 4.53. The number of nitrogens with zero attached hydrogens (tertiary/aromatic N) is 4. The van der Waals surface area contributed by atoms with Gasteiger partial charge < -0.3 is 10.8 Å². The Bertz CT molecular complexity index is 1190. The third kappa shape index (κ3) is 4.63. The Morgan fingerprint density at radius 1 is 1.42 bits per heavy atom. The van der Waals surface area contributed by atoms with Crippen LogP contribution in [0.15, 0.2) is 45.6 Å². The van der Waals surface area contributed by atoms with Crippen LogP contribution >= 0.6 is 11.6 Å². The topological polar surface area (TPSA) is 117 Å². The van der Waals surface area contributed by atoms with E-state index in [0.29, 0.717) is 12.8 Å². The minimum absolute atomic E-state index is 0.00484. The number of amides is 1. The van der Waals surface area contributed by atoms with Gasteiger partial charge in [-0.2, -0.15) is 10.2 Å². The third-order valence-corrected chi connectivity index (χ3v) is 4.91. The molecule has 1 amide bonds. The molecule has 8 nitrogen and oxygen atoms in total. The first-order valence-electron chi connectivity index (χ1n) is 8.98. The molecule has 0 fully saturated rings. The molecule has 0 saturated carbocycles. The van der Waals surface area contributed by atoms with Gasteiger partial charge in [0, 0.05) is 18.4 Å². The molecule has 0 radical (unpaired) electrons. The Morgan fingerprint density at radius 3 is 2.81 bits per heavy atom. The summed E-state index contributed by atoms with van der Waals surface area (Å²) in [4.78, 5) is 20.3. The summed E-state index contributed by atoms with van der Waals surface area (Å²) in [6, 6.07) is 6.45. The Hall–Kier alpha value is -3.95. The molecule has 0 bridgehead atoms. The lowest BCUT2D eigenvalue weighted by molar-refractivity contribution is 0.0974. The summed E-state index contributed by atoms with van der Waals surface area (Å²) in [5.74, 6) is 0.229. The van der Waals surface area contributed by atoms with Crippen molar-refractivity contribution in [2.75, 3.05) is 6.54 Å². The quantitative estimate of drug-likeness (QED) is 0.273. The minimum Gasteiger partial charge on any atom is -0.507 e. The Morgan fingerprint density at radius 2 is 2.16 bits per heavy atom. The van der Waals surface area contributed by atoms with Gasteiger partial charge in [-0.25, -0.2) is 14.2 Å². The number of nitrogens with two attached hydrogens (primary N) is 1. The number of terminal acetylenes is 1. The maximum absolute atomic E-state index is 14.0. The molecule has 0 atom stereocenters. The van der Waals surface area contributed by atoms with Gasteiger partial charge in [0.25, 0.3) is 5.91 Å². The molecule has 2 aromatic rings. The van der Waals surface area contributed by atoms with Gasteiger partial charge >= 0.3 is 0 Å². The highest BCUT2D eigenvalue weighted by molar-refractivity contribution is 6.34. The second kappa shape index (κ2) is 8.82. The number of aliphatic imine (C=N–C) groups is 1. The molecule has 156 valence electrons. The summed E-state index contributed by atoms with van der Waals surface area (Å²) in [5, 5.41) is 20.3. The maximum Gasteiger partial charge on any atom is 0.261 e. The highest BCUT2D eigenvalue weighted by Crippen LogP contribution is 2.42. The summed E-state index contributed by atoms with van der Waals surface area (Å²) in [5.41, 5.74) is 4.83. The van der Waals surface area contributed by atoms with Crippen LogP contribution in [0, 0.1) is 24.7 Å². The van der Waals surface area contributed by atoms with Crippen LogP contribution in [0.4, 0.5) is 10.1 Å². The van der Waals surface area contributed by atoms with Crippen molar-refractivity contribution in [2.45, 2.75) is 18.5 Å². The molecule has 2 aromatic carbocycles. The Balaban J connectivity index is 1.93. The van der Waals surface area contributed by atoms with Crippen LogP contribution < -0.4 is 11.1 Å². The number of carbonyl (C=O) groups is 1. The zero-order chi connectivity index (χ0) is 22.6. The number of aromatic hydroxyl groups is 1. The number of phenolic OH excluding ortho intramolecular Hbond substituents is 1. The number of rotatable bonds is 6. The number of phenols is 1. The summed E-state index contributed by atoms with van der Waals surface area (Å²) >= 11 is 6.07. The number of benzene rings is 2. The molecule has 4 N–H and O–H groups in total. The SMILES string of the molecule is [C-]#[N+]c1ccc(O)c(C(=O)NC(N)=NCC2(CCC#C)N=N2)c1-c1cccc(F)c1Cl. The van der Waals surface area contributed by atoms with Crippen molar-refractivity contribution in [2.24, 2.45) is 21.0 Å². The average Bonchev–Trinajstić information content (AvgIpc) is 3.52. The van der Waals surface area contributed by atoms with Crippen LogP contribution in [-0.2, 0) is 0 Å². The molecule has 1 heterocycles. The second-order valence-electron chi connectivity index (χ2n) is 6.61. The fourth-order valence-electron chi connectivity index (χ4n) is 2.89. The van der Waals surface area contributed by atoms with Crippen molar-refractivity contribution in [1.82, 2.24) is 5.32 Å². The van der Waals surface area contributed by atoms with Crippen molar-refractivity contribution in [1.29, 1.82) is 0 Å². The molecule has 3 rings (SSSR count). The number of nitrogens with one attached hydrogen (secondary N) is 1. The van der Waals surface area contributed by atoms with E-state index in [4.69, 9.17) is 30.3 Å². The van der Waals surface area contributed by atoms with Gasteiger partial charge in [0.1, 0.15) is 11.6 Å². The van der Waals surface area contributed by atoms with Crippen molar-refractivity contribution in [3.05, 3.63) is 58.2 Å². The first-order chi connectivity index (χ1) is 14.8. The molecular formula is C21H16ClFN6O2. The lowest BCUT2D eigenvalue weighted by Crippen LogP contribution is -2.38. The molecule has 0 saturated heterocycles. The van der Waals surface area contributed by atoms with E-state index in [1.54, 1.807) is 0 Å². The van der Waals surface area contributed by atoms with E-state index < -0.39 is 23.1 Å². The standard InChI is InChI=1S/C21H16ClFN6O2/c1-3-4-10-21(28-29-21)11-26-20(24)27-19(31)17-15(30)9-8-14(25-2)16(17)12-6-5-7-13(23)18(12)22/h1,5-9,30H,4,10-11H2,(H3,24,26,27,31). The average molecular weight is 439 g/mol. The van der Waals surface area contributed by atoms with Crippen LogP contribution in [0.3, 0.4) is 0 Å². The number of hydrogen-bond acceptors (Lipinski definition) is 5. The van der Waals surface area contributed by atoms with Crippen molar-refractivity contribution in [3.8, 4) is 29.2 Å². The van der Waals surface area contributed by atoms with Gasteiger partial charge in [-0.05, 0) is 17.7 Å². The first-order valence-corrected chi connectivity index (χ1v) is 9.36. The molecular weight excluding hydrogens is 423 g/mol. The zero-order valence-corrected chi connectivity index (χ0v) is 16.8. The largest absolute Gasteiger partial charge is 0.507 e. The molecule has 1 aliphatic heterocycles. The molecule has 31 heavy (non-hydrogen) atoms. The molecule has 0 aromatic heterocycles. The minimum atomic E-state index is -0.845. The van der Waals surface area contributed by atoms with Crippen molar-refractivity contribution >= 4 is 29.2 Å². The van der Waals surface area contributed by atoms with E-state index in [1.807, 2.05) is 0 Å². The van der Waals surface area contributed by atoms with Gasteiger partial charge in [-0.1, -0.05) is 29.8 Å². The molecule has 0 spiro atoms. The van der Waals surface area contributed by atoms with Gasteiger partial charge in [0.15, 0.2) is 11.6 Å². The zero-order valence-electron chi connectivity index (χ0n) is 16.1. The smallest absolute Gasteiger partial charge is 0.261 e. The van der Waals surface area contributed by atoms with Crippen LogP contribution in [0.1, 0.15) is 23.2 Å². The highest BCUT2D eigenvalue weighted by atomic mass is 35.5. The number of hydrogen-bond donors (Lipinski definition) is 3. The fraction of sp³-hybridized carbons (Fsp3) is 0.190. The van der Waals surface area contributed by atoms with E-state index in [2.05, 4.69) is 31.3 Å². The maximum atomic E-state index is 14.0. The fourth-order valence-corrected chi connectivity index (χ4v) is 3.11. The van der Waals surface area contributed by atoms with Gasteiger partial charge in [-0.15, -0.1) is 12.3 Å². The van der Waals surface area contributed by atoms with Crippen LogP contribution in [-0.4, -0.2) is 29.2 Å². The summed E-state index contributed by atoms with van der Waals surface area (Å²) < 4.78 is 14.0. The second-order valence-corrected chi connectivity index (χ2v) is 6.99. The molecule has 0 unspecified atom stereocenters. The summed E-state index contributed by atoms with van der Waals surface area (Å²) in [6.45, 7) is 7.49. The molecule has 1 aliphatic rings. The van der Waals surface area contributed by atoms with Crippen LogP contribution in [0.5, 0.6) is 5.75 Å². The predicted molar refractivity (Wildman–Crippen MR) is 114 cm³/mol. The van der Waals surface area contributed by atoms with Crippen LogP contribution in [0.2, 0.25) is 5.02 Å². The first kappa shape index (κ1) is 21.8. The number of carbonyl (C=O) groups excluding carboxylic acids is 1. The Kier molecular flexibility index (Phi) is 6.19. The van der Waals surface area contributed by atoms with Gasteiger partial charge in [0.2, 0.25) is 5.66 Å². The van der Waals surface area contributed by atoms with Gasteiger partial charge in [-0.3, -0.25) is 10.1 Å². The van der Waals surface area contributed by atoms with E-state index in [0.717, 1.165) is 6.07 Å². The van der Waals surface area contributed by atoms with Gasteiger partial charge in [0.05, 0.1) is 23.7 Å². The molecule has 0 aliphatic carbocycles. The lowest BCUT2D eigenvalue weighted by Gasteiger charge is -2.15. The predicted octanol–water partition coefficient (Wildman–Crippen LogP) is 4.02. The lowest BCUT2D eigenvalue weighted by atomic mass is 9.96. The summed E-state index contributed by atoms with van der Waals surface area (Å²) in [6.07, 6.45) is 6.21.